The molecule has 1 aliphatic heterocycles. The second-order valence-corrected chi connectivity index (χ2v) is 5.17. The Kier molecular flexibility index (Phi) is 2.60. The molecule has 1 aliphatic rings. The second kappa shape index (κ2) is 4.45. The fourth-order valence-corrected chi connectivity index (χ4v) is 2.74. The summed E-state index contributed by atoms with van der Waals surface area (Å²) in [5.41, 5.74) is 2.11. The van der Waals surface area contributed by atoms with Gasteiger partial charge in [0.05, 0.1) is 6.61 Å². The van der Waals surface area contributed by atoms with Crippen LogP contribution in [0.15, 0.2) is 34.9 Å². The molecule has 0 unspecified atom stereocenters. The molecule has 5 nitrogen and oxygen atoms in total. The minimum absolute atomic E-state index is 0.266. The lowest BCUT2D eigenvalue weighted by Gasteiger charge is -1.99. The molecule has 3 aromatic rings. The minimum atomic E-state index is 0.266. The van der Waals surface area contributed by atoms with E-state index >= 15 is 0 Å². The van der Waals surface area contributed by atoms with Gasteiger partial charge < -0.3 is 13.8 Å². The molecule has 1 atom stereocenters. The van der Waals surface area contributed by atoms with Gasteiger partial charge in [0.2, 0.25) is 0 Å². The zero-order chi connectivity index (χ0) is 13.5. The molecule has 0 bridgehead atoms. The minimum Gasteiger partial charge on any atom is -0.381 e. The molecule has 0 N–H and O–H groups in total. The summed E-state index contributed by atoms with van der Waals surface area (Å²) in [6.45, 7) is 1.47. The molecule has 5 heteroatoms. The summed E-state index contributed by atoms with van der Waals surface area (Å²) in [5.74, 6) is 1.59. The van der Waals surface area contributed by atoms with Gasteiger partial charge in [0.15, 0.2) is 5.82 Å². The van der Waals surface area contributed by atoms with Crippen LogP contribution in [0.5, 0.6) is 0 Å². The van der Waals surface area contributed by atoms with Crippen molar-refractivity contribution in [2.75, 3.05) is 13.2 Å². The predicted octanol–water partition coefficient (Wildman–Crippen LogP) is 2.73. The average Bonchev–Trinajstić information content (AvgIpc) is 3.17. The van der Waals surface area contributed by atoms with Crippen LogP contribution in [0.2, 0.25) is 0 Å². The second-order valence-electron chi connectivity index (χ2n) is 5.17. The van der Waals surface area contributed by atoms with Crippen LogP contribution in [-0.4, -0.2) is 27.9 Å². The lowest BCUT2D eigenvalue weighted by atomic mass is 10.1. The van der Waals surface area contributed by atoms with Gasteiger partial charge in [-0.1, -0.05) is 23.4 Å². The maximum absolute atomic E-state index is 5.44. The largest absolute Gasteiger partial charge is 0.381 e. The zero-order valence-corrected chi connectivity index (χ0v) is 11.2. The van der Waals surface area contributed by atoms with Crippen molar-refractivity contribution in [2.45, 2.75) is 12.3 Å². The Bertz CT molecular complexity index is 753. The Balaban J connectivity index is 1.77. The number of hydrogen-bond donors (Lipinski definition) is 0. The van der Waals surface area contributed by atoms with Crippen LogP contribution in [0.25, 0.3) is 22.5 Å². The van der Waals surface area contributed by atoms with E-state index in [4.69, 9.17) is 9.26 Å². The smallest absolute Gasteiger partial charge is 0.274 e. The molecule has 1 saturated heterocycles. The fourth-order valence-electron chi connectivity index (χ4n) is 2.74. The first-order valence-electron chi connectivity index (χ1n) is 6.79. The predicted molar refractivity (Wildman–Crippen MR) is 74.4 cm³/mol. The molecule has 102 valence electrons. The number of rotatable bonds is 2. The highest BCUT2D eigenvalue weighted by Crippen LogP contribution is 2.28. The van der Waals surface area contributed by atoms with Crippen molar-refractivity contribution in [3.05, 3.63) is 36.2 Å². The van der Waals surface area contributed by atoms with E-state index in [1.165, 1.54) is 5.39 Å². The van der Waals surface area contributed by atoms with Crippen molar-refractivity contribution in [1.29, 1.82) is 0 Å². The van der Waals surface area contributed by atoms with Crippen molar-refractivity contribution in [3.63, 3.8) is 0 Å². The van der Waals surface area contributed by atoms with E-state index < -0.39 is 0 Å². The van der Waals surface area contributed by atoms with Gasteiger partial charge in [0, 0.05) is 30.5 Å². The van der Waals surface area contributed by atoms with E-state index in [0.717, 1.165) is 30.1 Å². The number of fused-ring (bicyclic) bond motifs is 1. The normalized spacial score (nSPS) is 18.9. The molecule has 20 heavy (non-hydrogen) atoms. The molecule has 0 amide bonds. The molecule has 0 radical (unpaired) electrons. The molecule has 1 aromatic carbocycles. The molecule has 0 saturated carbocycles. The van der Waals surface area contributed by atoms with E-state index in [-0.39, 0.29) is 5.92 Å². The van der Waals surface area contributed by atoms with Crippen LogP contribution in [-0.2, 0) is 11.8 Å². The SMILES string of the molecule is Cn1c(-c2nc([C@@H]3CCOC3)no2)cc2ccccc21. The highest BCUT2D eigenvalue weighted by Gasteiger charge is 2.24. The summed E-state index contributed by atoms with van der Waals surface area (Å²) in [6.07, 6.45) is 0.966. The van der Waals surface area contributed by atoms with Gasteiger partial charge in [-0.2, -0.15) is 4.98 Å². The van der Waals surface area contributed by atoms with E-state index in [2.05, 4.69) is 32.9 Å². The zero-order valence-electron chi connectivity index (χ0n) is 11.2. The van der Waals surface area contributed by atoms with Crippen LogP contribution in [0.3, 0.4) is 0 Å². The average molecular weight is 269 g/mol. The van der Waals surface area contributed by atoms with Crippen LogP contribution in [0, 0.1) is 0 Å². The maximum Gasteiger partial charge on any atom is 0.274 e. The van der Waals surface area contributed by atoms with Gasteiger partial charge in [-0.25, -0.2) is 0 Å². The van der Waals surface area contributed by atoms with Crippen LogP contribution >= 0.6 is 0 Å². The summed E-state index contributed by atoms with van der Waals surface area (Å²) in [6, 6.07) is 10.3. The summed E-state index contributed by atoms with van der Waals surface area (Å²) < 4.78 is 12.9. The molecule has 3 heterocycles. The molecular weight excluding hydrogens is 254 g/mol. The van der Waals surface area contributed by atoms with Gasteiger partial charge in [-0.15, -0.1) is 0 Å². The monoisotopic (exact) mass is 269 g/mol. The Morgan fingerprint density at radius 2 is 2.20 bits per heavy atom. The highest BCUT2D eigenvalue weighted by molar-refractivity contribution is 5.85. The number of nitrogens with zero attached hydrogens (tertiary/aromatic N) is 3. The first-order chi connectivity index (χ1) is 9.83. The van der Waals surface area contributed by atoms with Crippen molar-refractivity contribution >= 4 is 10.9 Å². The Morgan fingerprint density at radius 3 is 3.00 bits per heavy atom. The van der Waals surface area contributed by atoms with E-state index in [1.54, 1.807) is 0 Å². The molecule has 1 fully saturated rings. The number of para-hydroxylation sites is 1. The van der Waals surface area contributed by atoms with Gasteiger partial charge in [0.25, 0.3) is 5.89 Å². The maximum atomic E-state index is 5.44. The van der Waals surface area contributed by atoms with Gasteiger partial charge in [-0.3, -0.25) is 0 Å². The molecular formula is C15H15N3O2. The third kappa shape index (κ3) is 1.74. The van der Waals surface area contributed by atoms with Crippen molar-refractivity contribution in [2.24, 2.45) is 7.05 Å². The summed E-state index contributed by atoms with van der Waals surface area (Å²) in [4.78, 5) is 4.54. The molecule has 4 rings (SSSR count). The van der Waals surface area contributed by atoms with Crippen molar-refractivity contribution < 1.29 is 9.26 Å². The first kappa shape index (κ1) is 11.7. The van der Waals surface area contributed by atoms with Gasteiger partial charge >= 0.3 is 0 Å². The third-order valence-electron chi connectivity index (χ3n) is 3.91. The Hall–Kier alpha value is -2.14. The van der Waals surface area contributed by atoms with Crippen molar-refractivity contribution in [1.82, 2.24) is 14.7 Å². The van der Waals surface area contributed by atoms with Crippen LogP contribution < -0.4 is 0 Å². The molecule has 0 spiro atoms. The standard InChI is InChI=1S/C15H15N3O2/c1-18-12-5-3-2-4-10(12)8-13(18)15-16-14(17-20-15)11-6-7-19-9-11/h2-5,8,11H,6-7,9H2,1H3/t11-/m1/s1. The fraction of sp³-hybridized carbons (Fsp3) is 0.333. The lowest BCUT2D eigenvalue weighted by Crippen LogP contribution is -2.00. The first-order valence-corrected chi connectivity index (χ1v) is 6.79. The van der Waals surface area contributed by atoms with E-state index in [9.17, 15) is 0 Å². The van der Waals surface area contributed by atoms with Crippen LogP contribution in [0.1, 0.15) is 18.2 Å². The summed E-state index contributed by atoms with van der Waals surface area (Å²) in [5, 5.41) is 5.28. The molecule has 2 aromatic heterocycles. The highest BCUT2D eigenvalue weighted by atomic mass is 16.5. The quantitative estimate of drug-likeness (QED) is 0.717. The number of aromatic nitrogens is 3. The summed E-state index contributed by atoms with van der Waals surface area (Å²) in [7, 11) is 2.01. The number of ether oxygens (including phenoxy) is 1. The molecule has 0 aliphatic carbocycles. The number of benzene rings is 1. The van der Waals surface area contributed by atoms with Crippen molar-refractivity contribution in [3.8, 4) is 11.6 Å². The van der Waals surface area contributed by atoms with E-state index in [1.807, 2.05) is 19.2 Å². The summed E-state index contributed by atoms with van der Waals surface area (Å²) >= 11 is 0. The third-order valence-corrected chi connectivity index (χ3v) is 3.91. The van der Waals surface area contributed by atoms with Crippen LogP contribution in [0.4, 0.5) is 0 Å². The Morgan fingerprint density at radius 1 is 1.30 bits per heavy atom. The van der Waals surface area contributed by atoms with E-state index in [0.29, 0.717) is 12.5 Å². The lowest BCUT2D eigenvalue weighted by molar-refractivity contribution is 0.192. The van der Waals surface area contributed by atoms with Gasteiger partial charge in [-0.05, 0) is 18.6 Å². The van der Waals surface area contributed by atoms with Gasteiger partial charge in [0.1, 0.15) is 5.69 Å². The number of aryl methyl sites for hydroxylation is 1. The topological polar surface area (TPSA) is 53.1 Å². The Labute approximate surface area is 116 Å². The number of hydrogen-bond acceptors (Lipinski definition) is 4.